The van der Waals surface area contributed by atoms with Crippen molar-refractivity contribution in [1.82, 2.24) is 9.88 Å². The molecule has 20 heavy (non-hydrogen) atoms. The quantitative estimate of drug-likeness (QED) is 0.770. The zero-order valence-electron chi connectivity index (χ0n) is 12.5. The van der Waals surface area contributed by atoms with Gasteiger partial charge in [-0.05, 0) is 18.1 Å². The van der Waals surface area contributed by atoms with Crippen molar-refractivity contribution in [3.63, 3.8) is 0 Å². The van der Waals surface area contributed by atoms with E-state index in [9.17, 15) is 4.79 Å². The van der Waals surface area contributed by atoms with E-state index in [-0.39, 0.29) is 5.91 Å². The Hall–Kier alpha value is -1.77. The first kappa shape index (κ1) is 14.6. The summed E-state index contributed by atoms with van der Waals surface area (Å²) >= 11 is 0. The van der Waals surface area contributed by atoms with Crippen LogP contribution in [0.5, 0.6) is 0 Å². The van der Waals surface area contributed by atoms with Gasteiger partial charge in [0.1, 0.15) is 0 Å². The van der Waals surface area contributed by atoms with E-state index in [4.69, 9.17) is 0 Å². The largest absolute Gasteiger partial charge is 0.356 e. The molecule has 1 aromatic heterocycles. The van der Waals surface area contributed by atoms with Crippen LogP contribution in [0.3, 0.4) is 0 Å². The molecule has 1 N–H and O–H groups in total. The lowest BCUT2D eigenvalue weighted by Gasteiger charge is -2.04. The molecule has 0 bridgehead atoms. The molecule has 0 spiro atoms. The number of carbonyl (C=O) groups excluding carboxylic acids is 1. The highest BCUT2D eigenvalue weighted by Crippen LogP contribution is 2.20. The van der Waals surface area contributed by atoms with Crippen LogP contribution in [0.1, 0.15) is 38.2 Å². The van der Waals surface area contributed by atoms with Gasteiger partial charge in [0.15, 0.2) is 0 Å². The third-order valence-corrected chi connectivity index (χ3v) is 3.68. The van der Waals surface area contributed by atoms with Crippen LogP contribution in [0.2, 0.25) is 0 Å². The lowest BCUT2D eigenvalue weighted by atomic mass is 10.1. The van der Waals surface area contributed by atoms with Gasteiger partial charge < -0.3 is 9.88 Å². The summed E-state index contributed by atoms with van der Waals surface area (Å²) in [7, 11) is 2.02. The van der Waals surface area contributed by atoms with Crippen LogP contribution in [-0.4, -0.2) is 17.0 Å². The van der Waals surface area contributed by atoms with E-state index < -0.39 is 0 Å². The number of amides is 1. The number of aromatic nitrogens is 1. The highest BCUT2D eigenvalue weighted by Gasteiger charge is 2.09. The molecule has 0 saturated heterocycles. The Morgan fingerprint density at radius 1 is 1.20 bits per heavy atom. The van der Waals surface area contributed by atoms with E-state index in [0.717, 1.165) is 18.5 Å². The van der Waals surface area contributed by atoms with E-state index in [2.05, 4.69) is 35.1 Å². The van der Waals surface area contributed by atoms with Crippen molar-refractivity contribution < 1.29 is 4.79 Å². The van der Waals surface area contributed by atoms with Gasteiger partial charge in [0.2, 0.25) is 5.91 Å². The van der Waals surface area contributed by atoms with Crippen LogP contribution in [0.15, 0.2) is 30.5 Å². The predicted octanol–water partition coefficient (Wildman–Crippen LogP) is 3.42. The monoisotopic (exact) mass is 272 g/mol. The summed E-state index contributed by atoms with van der Waals surface area (Å²) in [4.78, 5) is 12.0. The minimum Gasteiger partial charge on any atom is -0.356 e. The minimum atomic E-state index is 0.123. The van der Waals surface area contributed by atoms with E-state index >= 15 is 0 Å². The number of fused-ring (bicyclic) bond motifs is 1. The number of nitrogens with zero attached hydrogens (tertiary/aromatic N) is 1. The van der Waals surface area contributed by atoms with Crippen LogP contribution in [0.4, 0.5) is 0 Å². The van der Waals surface area contributed by atoms with Crippen molar-refractivity contribution >= 4 is 16.8 Å². The molecule has 0 aliphatic rings. The molecule has 3 nitrogen and oxygen atoms in total. The van der Waals surface area contributed by atoms with Crippen molar-refractivity contribution in [3.8, 4) is 0 Å². The number of hydrogen-bond acceptors (Lipinski definition) is 1. The first-order chi connectivity index (χ1) is 9.72. The number of nitrogens with one attached hydrogen (secondary N) is 1. The molecule has 0 radical (unpaired) electrons. The number of carbonyl (C=O) groups is 1. The Bertz CT molecular complexity index is 571. The topological polar surface area (TPSA) is 34.0 Å². The molecule has 2 rings (SSSR count). The molecule has 1 heterocycles. The van der Waals surface area contributed by atoms with Gasteiger partial charge in [-0.25, -0.2) is 0 Å². The zero-order chi connectivity index (χ0) is 14.4. The molecule has 0 fully saturated rings. The molecule has 3 heteroatoms. The summed E-state index contributed by atoms with van der Waals surface area (Å²) in [5.74, 6) is 0.123. The number of benzene rings is 1. The molecule has 108 valence electrons. The fourth-order valence-electron chi connectivity index (χ4n) is 2.58. The van der Waals surface area contributed by atoms with Crippen LogP contribution in [0, 0.1) is 0 Å². The van der Waals surface area contributed by atoms with E-state index in [0.29, 0.717) is 6.42 Å². The molecule has 1 aromatic carbocycles. The lowest BCUT2D eigenvalue weighted by molar-refractivity contribution is -0.120. The molecular weight excluding hydrogens is 248 g/mol. The van der Waals surface area contributed by atoms with Crippen molar-refractivity contribution in [1.29, 1.82) is 0 Å². The normalized spacial score (nSPS) is 10.9. The first-order valence-electron chi connectivity index (χ1n) is 7.52. The average Bonchev–Trinajstić information content (AvgIpc) is 2.76. The Balaban J connectivity index is 1.90. The Labute approximate surface area is 121 Å². The fourth-order valence-corrected chi connectivity index (χ4v) is 2.58. The van der Waals surface area contributed by atoms with Crippen LogP contribution >= 0.6 is 0 Å². The number of unbranched alkanes of at least 4 members (excludes halogenated alkanes) is 3. The summed E-state index contributed by atoms with van der Waals surface area (Å²) in [5, 5.41) is 4.19. The van der Waals surface area contributed by atoms with Gasteiger partial charge in [0.25, 0.3) is 0 Å². The number of rotatable bonds is 7. The summed E-state index contributed by atoms with van der Waals surface area (Å²) < 4.78 is 2.08. The van der Waals surface area contributed by atoms with Crippen LogP contribution in [0.25, 0.3) is 10.9 Å². The molecular formula is C17H24N2O. The summed E-state index contributed by atoms with van der Waals surface area (Å²) in [6.07, 6.45) is 7.28. The highest BCUT2D eigenvalue weighted by atomic mass is 16.1. The smallest absolute Gasteiger partial charge is 0.224 e. The van der Waals surface area contributed by atoms with Gasteiger partial charge in [0, 0.05) is 30.7 Å². The molecule has 1 amide bonds. The van der Waals surface area contributed by atoms with Gasteiger partial charge >= 0.3 is 0 Å². The third kappa shape index (κ3) is 3.62. The Kier molecular flexibility index (Phi) is 5.22. The van der Waals surface area contributed by atoms with Gasteiger partial charge in [-0.15, -0.1) is 0 Å². The summed E-state index contributed by atoms with van der Waals surface area (Å²) in [5.41, 5.74) is 2.28. The predicted molar refractivity (Wildman–Crippen MR) is 83.8 cm³/mol. The van der Waals surface area contributed by atoms with E-state index in [1.165, 1.54) is 30.2 Å². The van der Waals surface area contributed by atoms with Gasteiger partial charge in [-0.2, -0.15) is 0 Å². The summed E-state index contributed by atoms with van der Waals surface area (Å²) in [6.45, 7) is 2.99. The second-order valence-electron chi connectivity index (χ2n) is 5.37. The van der Waals surface area contributed by atoms with Crippen molar-refractivity contribution in [2.45, 2.75) is 39.0 Å². The minimum absolute atomic E-state index is 0.123. The molecule has 0 unspecified atom stereocenters. The van der Waals surface area contributed by atoms with E-state index in [1.807, 2.05) is 19.2 Å². The number of para-hydroxylation sites is 1. The lowest BCUT2D eigenvalue weighted by Crippen LogP contribution is -2.26. The van der Waals surface area contributed by atoms with Gasteiger partial charge in [0.05, 0.1) is 6.42 Å². The molecule has 0 saturated carbocycles. The first-order valence-corrected chi connectivity index (χ1v) is 7.52. The second kappa shape index (κ2) is 7.13. The maximum atomic E-state index is 12.0. The molecule has 2 aromatic rings. The standard InChI is InChI=1S/C17H24N2O/c1-3-4-5-8-11-18-17(20)12-14-13-19(2)16-10-7-6-9-15(14)16/h6-7,9-10,13H,3-5,8,11-12H2,1-2H3,(H,18,20). The van der Waals surface area contributed by atoms with Gasteiger partial charge in [-0.1, -0.05) is 44.4 Å². The second-order valence-corrected chi connectivity index (χ2v) is 5.37. The zero-order valence-corrected chi connectivity index (χ0v) is 12.5. The van der Waals surface area contributed by atoms with Crippen molar-refractivity contribution in [2.24, 2.45) is 7.05 Å². The molecule has 0 atom stereocenters. The van der Waals surface area contributed by atoms with Crippen molar-refractivity contribution in [2.75, 3.05) is 6.54 Å². The fraction of sp³-hybridized carbons (Fsp3) is 0.471. The summed E-state index contributed by atoms with van der Waals surface area (Å²) in [6, 6.07) is 8.22. The highest BCUT2D eigenvalue weighted by molar-refractivity contribution is 5.89. The number of hydrogen-bond donors (Lipinski definition) is 1. The Morgan fingerprint density at radius 3 is 2.80 bits per heavy atom. The number of aryl methyl sites for hydroxylation is 1. The van der Waals surface area contributed by atoms with E-state index in [1.54, 1.807) is 0 Å². The van der Waals surface area contributed by atoms with Crippen LogP contribution in [-0.2, 0) is 18.3 Å². The molecule has 0 aliphatic carbocycles. The SMILES string of the molecule is CCCCCCNC(=O)Cc1cn(C)c2ccccc12. The van der Waals surface area contributed by atoms with Gasteiger partial charge in [-0.3, -0.25) is 4.79 Å². The Morgan fingerprint density at radius 2 is 2.00 bits per heavy atom. The third-order valence-electron chi connectivity index (χ3n) is 3.68. The maximum absolute atomic E-state index is 12.0. The average molecular weight is 272 g/mol. The van der Waals surface area contributed by atoms with Crippen molar-refractivity contribution in [3.05, 3.63) is 36.0 Å². The van der Waals surface area contributed by atoms with Crippen LogP contribution < -0.4 is 5.32 Å². The molecule has 0 aliphatic heterocycles. The maximum Gasteiger partial charge on any atom is 0.224 e.